The quantitative estimate of drug-likeness (QED) is 0.876. The summed E-state index contributed by atoms with van der Waals surface area (Å²) in [5.74, 6) is 0.566. The molecule has 0 spiro atoms. The van der Waals surface area contributed by atoms with Crippen molar-refractivity contribution < 1.29 is 19.4 Å². The van der Waals surface area contributed by atoms with E-state index >= 15 is 0 Å². The van der Waals surface area contributed by atoms with Crippen molar-refractivity contribution in [1.29, 1.82) is 0 Å². The maximum Gasteiger partial charge on any atom is 0.356 e. The normalized spacial score (nSPS) is 13.9. The highest BCUT2D eigenvalue weighted by Crippen LogP contribution is 2.41. The molecule has 0 radical (unpaired) electrons. The molecule has 1 aliphatic carbocycles. The second-order valence-corrected chi connectivity index (χ2v) is 5.99. The topological polar surface area (TPSA) is 73.6 Å². The van der Waals surface area contributed by atoms with E-state index in [2.05, 4.69) is 5.10 Å². The number of carbonyl (C=O) groups is 1. The number of hydrogen-bond acceptors (Lipinski definition) is 4. The first-order valence-electron chi connectivity index (χ1n) is 7.27. The van der Waals surface area contributed by atoms with E-state index in [0.29, 0.717) is 40.3 Å². The standard InChI is InChI=1S/C16H17ClN2O4/c1-19-13(7-12(18-19)16(20)21)10-5-11(17)15(14(6-10)22-2)23-8-9-3-4-9/h5-7,9H,3-4,8H2,1-2H3,(H,20,21). The molecule has 122 valence electrons. The fraction of sp³-hybridized carbons (Fsp3) is 0.375. The summed E-state index contributed by atoms with van der Waals surface area (Å²) >= 11 is 6.34. The van der Waals surface area contributed by atoms with Gasteiger partial charge >= 0.3 is 5.97 Å². The molecule has 0 amide bonds. The number of aromatic carboxylic acids is 1. The predicted octanol–water partition coefficient (Wildman–Crippen LogP) is 3.24. The average Bonchev–Trinajstić information content (AvgIpc) is 3.25. The summed E-state index contributed by atoms with van der Waals surface area (Å²) in [5, 5.41) is 13.4. The third-order valence-electron chi connectivity index (χ3n) is 3.78. The molecule has 7 heteroatoms. The van der Waals surface area contributed by atoms with Crippen LogP contribution in [0.1, 0.15) is 23.3 Å². The van der Waals surface area contributed by atoms with Gasteiger partial charge in [0.2, 0.25) is 0 Å². The molecule has 1 N–H and O–H groups in total. The van der Waals surface area contributed by atoms with Crippen LogP contribution >= 0.6 is 11.6 Å². The van der Waals surface area contributed by atoms with Crippen LogP contribution in [0.15, 0.2) is 18.2 Å². The van der Waals surface area contributed by atoms with E-state index in [1.54, 1.807) is 26.3 Å². The predicted molar refractivity (Wildman–Crippen MR) is 85.4 cm³/mol. The largest absolute Gasteiger partial charge is 0.493 e. The van der Waals surface area contributed by atoms with Crippen LogP contribution < -0.4 is 9.47 Å². The molecule has 1 aromatic heterocycles. The Bertz CT molecular complexity index is 753. The molecule has 1 aromatic carbocycles. The zero-order chi connectivity index (χ0) is 16.6. The van der Waals surface area contributed by atoms with Crippen molar-refractivity contribution in [3.8, 4) is 22.8 Å². The first-order chi connectivity index (χ1) is 11.0. The number of benzene rings is 1. The fourth-order valence-corrected chi connectivity index (χ4v) is 2.60. The van der Waals surface area contributed by atoms with Crippen LogP contribution in [0.5, 0.6) is 11.5 Å². The minimum absolute atomic E-state index is 0.0216. The molecule has 0 bridgehead atoms. The van der Waals surface area contributed by atoms with E-state index in [-0.39, 0.29) is 5.69 Å². The highest BCUT2D eigenvalue weighted by Gasteiger charge is 2.24. The van der Waals surface area contributed by atoms with Crippen LogP contribution in [0.4, 0.5) is 0 Å². The number of carboxylic acids is 1. The molecule has 1 fully saturated rings. The molecule has 3 rings (SSSR count). The van der Waals surface area contributed by atoms with Gasteiger partial charge in [-0.1, -0.05) is 11.6 Å². The fourth-order valence-electron chi connectivity index (χ4n) is 2.34. The Morgan fingerprint density at radius 3 is 2.74 bits per heavy atom. The number of carboxylic acid groups (broad SMARTS) is 1. The number of ether oxygens (including phenoxy) is 2. The summed E-state index contributed by atoms with van der Waals surface area (Å²) in [5.41, 5.74) is 1.33. The number of methoxy groups -OCH3 is 1. The third-order valence-corrected chi connectivity index (χ3v) is 4.07. The van der Waals surface area contributed by atoms with Gasteiger partial charge in [0.25, 0.3) is 0 Å². The van der Waals surface area contributed by atoms with Crippen molar-refractivity contribution >= 4 is 17.6 Å². The number of halogens is 1. The number of hydrogen-bond donors (Lipinski definition) is 1. The lowest BCUT2D eigenvalue weighted by Gasteiger charge is -2.14. The first-order valence-corrected chi connectivity index (χ1v) is 7.65. The highest BCUT2D eigenvalue weighted by molar-refractivity contribution is 6.32. The number of aryl methyl sites for hydroxylation is 1. The Hall–Kier alpha value is -2.21. The monoisotopic (exact) mass is 336 g/mol. The van der Waals surface area contributed by atoms with E-state index in [0.717, 1.165) is 0 Å². The molecule has 23 heavy (non-hydrogen) atoms. The average molecular weight is 337 g/mol. The Labute approximate surface area is 138 Å². The second-order valence-electron chi connectivity index (χ2n) is 5.59. The van der Waals surface area contributed by atoms with Crippen molar-refractivity contribution in [2.75, 3.05) is 13.7 Å². The zero-order valence-electron chi connectivity index (χ0n) is 12.9. The Morgan fingerprint density at radius 2 is 2.17 bits per heavy atom. The lowest BCUT2D eigenvalue weighted by Crippen LogP contribution is -2.02. The first kappa shape index (κ1) is 15.7. The second kappa shape index (κ2) is 6.12. The van der Waals surface area contributed by atoms with Crippen LogP contribution in [0.2, 0.25) is 5.02 Å². The lowest BCUT2D eigenvalue weighted by atomic mass is 10.1. The van der Waals surface area contributed by atoms with Crippen molar-refractivity contribution in [2.24, 2.45) is 13.0 Å². The van der Waals surface area contributed by atoms with Gasteiger partial charge in [0.15, 0.2) is 17.2 Å². The van der Waals surface area contributed by atoms with E-state index in [1.165, 1.54) is 23.6 Å². The van der Waals surface area contributed by atoms with Gasteiger partial charge in [0.05, 0.1) is 24.4 Å². The maximum atomic E-state index is 11.1. The Balaban J connectivity index is 1.96. The van der Waals surface area contributed by atoms with Gasteiger partial charge in [-0.3, -0.25) is 4.68 Å². The number of rotatable bonds is 6. The minimum atomic E-state index is -1.07. The van der Waals surface area contributed by atoms with E-state index in [9.17, 15) is 4.79 Å². The SMILES string of the molecule is COc1cc(-c2cc(C(=O)O)nn2C)cc(Cl)c1OCC1CC1. The summed E-state index contributed by atoms with van der Waals surface area (Å²) in [6, 6.07) is 5.00. The van der Waals surface area contributed by atoms with Gasteiger partial charge in [-0.05, 0) is 37.0 Å². The van der Waals surface area contributed by atoms with Gasteiger partial charge in [-0.25, -0.2) is 4.79 Å². The Kier molecular flexibility index (Phi) is 4.17. The minimum Gasteiger partial charge on any atom is -0.493 e. The molecule has 0 unspecified atom stereocenters. The molecule has 1 heterocycles. The van der Waals surface area contributed by atoms with Gasteiger partial charge in [0, 0.05) is 12.6 Å². The van der Waals surface area contributed by atoms with E-state index in [4.69, 9.17) is 26.2 Å². The molecule has 6 nitrogen and oxygen atoms in total. The Morgan fingerprint density at radius 1 is 1.43 bits per heavy atom. The van der Waals surface area contributed by atoms with Crippen LogP contribution in [0.3, 0.4) is 0 Å². The van der Waals surface area contributed by atoms with Crippen LogP contribution in [0, 0.1) is 5.92 Å². The van der Waals surface area contributed by atoms with Crippen molar-refractivity contribution in [2.45, 2.75) is 12.8 Å². The van der Waals surface area contributed by atoms with Crippen molar-refractivity contribution in [1.82, 2.24) is 9.78 Å². The summed E-state index contributed by atoms with van der Waals surface area (Å²) in [4.78, 5) is 11.1. The van der Waals surface area contributed by atoms with Gasteiger partial charge in [-0.15, -0.1) is 0 Å². The number of aromatic nitrogens is 2. The van der Waals surface area contributed by atoms with Gasteiger partial charge in [0.1, 0.15) is 0 Å². The van der Waals surface area contributed by atoms with Crippen LogP contribution in [-0.4, -0.2) is 34.6 Å². The van der Waals surface area contributed by atoms with Gasteiger partial charge in [-0.2, -0.15) is 5.10 Å². The maximum absolute atomic E-state index is 11.1. The smallest absolute Gasteiger partial charge is 0.356 e. The van der Waals surface area contributed by atoms with E-state index < -0.39 is 5.97 Å². The summed E-state index contributed by atoms with van der Waals surface area (Å²) in [6.07, 6.45) is 2.37. The lowest BCUT2D eigenvalue weighted by molar-refractivity contribution is 0.0689. The molecule has 1 saturated carbocycles. The molecule has 0 atom stereocenters. The van der Waals surface area contributed by atoms with Crippen molar-refractivity contribution in [3.63, 3.8) is 0 Å². The van der Waals surface area contributed by atoms with Crippen LogP contribution in [0.25, 0.3) is 11.3 Å². The molecule has 0 aliphatic heterocycles. The highest BCUT2D eigenvalue weighted by atomic mass is 35.5. The van der Waals surface area contributed by atoms with Gasteiger partial charge < -0.3 is 14.6 Å². The van der Waals surface area contributed by atoms with E-state index in [1.807, 2.05) is 0 Å². The summed E-state index contributed by atoms with van der Waals surface area (Å²) < 4.78 is 12.7. The van der Waals surface area contributed by atoms with Crippen molar-refractivity contribution in [3.05, 3.63) is 28.9 Å². The molecule has 1 aliphatic rings. The summed E-state index contributed by atoms with van der Waals surface area (Å²) in [6.45, 7) is 0.629. The molecule has 2 aromatic rings. The molecular weight excluding hydrogens is 320 g/mol. The summed E-state index contributed by atoms with van der Waals surface area (Å²) in [7, 11) is 3.23. The molecular formula is C16H17ClN2O4. The zero-order valence-corrected chi connectivity index (χ0v) is 13.6. The third kappa shape index (κ3) is 3.27. The van der Waals surface area contributed by atoms with Crippen LogP contribution in [-0.2, 0) is 7.05 Å². The molecule has 0 saturated heterocycles. The number of nitrogens with zero attached hydrogens (tertiary/aromatic N) is 2.